The van der Waals surface area contributed by atoms with Crippen molar-refractivity contribution in [1.82, 2.24) is 15.0 Å². The molecular weight excluding hydrogens is 316 g/mol. The van der Waals surface area contributed by atoms with E-state index >= 15 is 0 Å². The Balaban J connectivity index is 1.74. The number of halogens is 1. The predicted molar refractivity (Wildman–Crippen MR) is 90.7 cm³/mol. The lowest BCUT2D eigenvalue weighted by molar-refractivity contribution is 0.704. The van der Waals surface area contributed by atoms with Crippen LogP contribution in [0.3, 0.4) is 0 Å². The highest BCUT2D eigenvalue weighted by Gasteiger charge is 2.30. The van der Waals surface area contributed by atoms with Crippen molar-refractivity contribution in [3.05, 3.63) is 46.3 Å². The summed E-state index contributed by atoms with van der Waals surface area (Å²) in [5, 5.41) is 1.66. The zero-order valence-corrected chi connectivity index (χ0v) is 13.7. The van der Waals surface area contributed by atoms with Crippen LogP contribution in [0.4, 0.5) is 5.82 Å². The molecule has 4 rings (SSSR count). The van der Waals surface area contributed by atoms with Gasteiger partial charge in [-0.1, -0.05) is 23.7 Å². The van der Waals surface area contributed by atoms with E-state index in [1.807, 2.05) is 19.1 Å². The quantitative estimate of drug-likeness (QED) is 0.653. The maximum Gasteiger partial charge on any atom is 0.134 e. The van der Waals surface area contributed by atoms with Crippen LogP contribution >= 0.6 is 22.9 Å². The van der Waals surface area contributed by atoms with Crippen molar-refractivity contribution in [3.63, 3.8) is 0 Å². The van der Waals surface area contributed by atoms with E-state index in [-0.39, 0.29) is 6.04 Å². The van der Waals surface area contributed by atoms with Crippen LogP contribution in [0.1, 0.15) is 29.7 Å². The van der Waals surface area contributed by atoms with Crippen LogP contribution < -0.4 is 4.90 Å². The minimum Gasteiger partial charge on any atom is -0.347 e. The van der Waals surface area contributed by atoms with Crippen LogP contribution in [0.5, 0.6) is 0 Å². The Kier molecular flexibility index (Phi) is 3.47. The normalized spacial score (nSPS) is 18.3. The van der Waals surface area contributed by atoms with E-state index in [1.165, 1.54) is 4.70 Å². The zero-order valence-electron chi connectivity index (χ0n) is 12.2. The number of hydrogen-bond donors (Lipinski definition) is 0. The molecule has 1 aromatic carbocycles. The number of nitrogens with zero attached hydrogens (tertiary/aromatic N) is 4. The summed E-state index contributed by atoms with van der Waals surface area (Å²) in [6, 6.07) is 10.4. The highest BCUT2D eigenvalue weighted by atomic mass is 35.5. The number of anilines is 1. The van der Waals surface area contributed by atoms with Crippen molar-refractivity contribution in [3.8, 4) is 0 Å². The molecular formula is C16H15ClN4S. The molecule has 0 aliphatic carbocycles. The summed E-state index contributed by atoms with van der Waals surface area (Å²) >= 11 is 7.87. The minimum atomic E-state index is 0.280. The molecule has 112 valence electrons. The van der Waals surface area contributed by atoms with Crippen LogP contribution in [-0.2, 0) is 0 Å². The molecule has 3 aromatic rings. The molecule has 22 heavy (non-hydrogen) atoms. The third-order valence-corrected chi connectivity index (χ3v) is 5.27. The van der Waals surface area contributed by atoms with Crippen molar-refractivity contribution in [2.75, 3.05) is 11.4 Å². The average molecular weight is 331 g/mol. The molecule has 0 radical (unpaired) electrons. The summed E-state index contributed by atoms with van der Waals surface area (Å²) in [4.78, 5) is 15.8. The molecule has 1 saturated heterocycles. The van der Waals surface area contributed by atoms with Crippen LogP contribution in [0, 0.1) is 6.92 Å². The van der Waals surface area contributed by atoms with Gasteiger partial charge in [0.1, 0.15) is 21.8 Å². The number of thiazole rings is 1. The van der Waals surface area contributed by atoms with Crippen molar-refractivity contribution in [1.29, 1.82) is 0 Å². The SMILES string of the molecule is Cc1nc(Cl)cc(N2CCCC2c2nc3ccccc3s2)n1. The van der Waals surface area contributed by atoms with Gasteiger partial charge in [-0.2, -0.15) is 0 Å². The molecule has 6 heteroatoms. The van der Waals surface area contributed by atoms with Gasteiger partial charge in [0.15, 0.2) is 0 Å². The lowest BCUT2D eigenvalue weighted by Crippen LogP contribution is -2.23. The Morgan fingerprint density at radius 3 is 2.91 bits per heavy atom. The number of para-hydroxylation sites is 1. The first-order chi connectivity index (χ1) is 10.7. The second-order valence-corrected chi connectivity index (χ2v) is 6.92. The number of hydrogen-bond acceptors (Lipinski definition) is 5. The second kappa shape index (κ2) is 5.48. The Hall–Kier alpha value is -1.72. The van der Waals surface area contributed by atoms with E-state index in [0.29, 0.717) is 11.0 Å². The summed E-state index contributed by atoms with van der Waals surface area (Å²) in [5.74, 6) is 1.61. The van der Waals surface area contributed by atoms with E-state index in [2.05, 4.69) is 33.1 Å². The molecule has 0 saturated carbocycles. The van der Waals surface area contributed by atoms with Gasteiger partial charge in [0, 0.05) is 12.6 Å². The second-order valence-electron chi connectivity index (χ2n) is 5.47. The number of aromatic nitrogens is 3. The van der Waals surface area contributed by atoms with Crippen LogP contribution in [0.15, 0.2) is 30.3 Å². The van der Waals surface area contributed by atoms with E-state index in [9.17, 15) is 0 Å². The minimum absolute atomic E-state index is 0.280. The third-order valence-electron chi connectivity index (χ3n) is 3.94. The van der Waals surface area contributed by atoms with Crippen molar-refractivity contribution >= 4 is 39.0 Å². The molecule has 1 aliphatic rings. The number of fused-ring (bicyclic) bond motifs is 1. The standard InChI is InChI=1S/C16H15ClN4S/c1-10-18-14(17)9-15(19-10)21-8-4-6-12(21)16-20-11-5-2-3-7-13(11)22-16/h2-3,5,7,9,12H,4,6,8H2,1H3. The summed E-state index contributed by atoms with van der Waals surface area (Å²) in [5.41, 5.74) is 1.08. The summed E-state index contributed by atoms with van der Waals surface area (Å²) in [6.07, 6.45) is 2.24. The maximum atomic E-state index is 6.10. The molecule has 4 nitrogen and oxygen atoms in total. The van der Waals surface area contributed by atoms with Gasteiger partial charge < -0.3 is 4.90 Å². The molecule has 0 N–H and O–H groups in total. The predicted octanol–water partition coefficient (Wildman–Crippen LogP) is 4.39. The largest absolute Gasteiger partial charge is 0.347 e. The van der Waals surface area contributed by atoms with E-state index in [1.54, 1.807) is 11.3 Å². The zero-order chi connectivity index (χ0) is 15.1. The molecule has 1 fully saturated rings. The first-order valence-corrected chi connectivity index (χ1v) is 8.53. The summed E-state index contributed by atoms with van der Waals surface area (Å²) in [6.45, 7) is 2.85. The number of aryl methyl sites for hydroxylation is 1. The Morgan fingerprint density at radius 2 is 2.09 bits per heavy atom. The van der Waals surface area contributed by atoms with E-state index in [4.69, 9.17) is 16.6 Å². The Bertz CT molecular complexity index is 779. The Labute approximate surface area is 137 Å². The molecule has 0 spiro atoms. The van der Waals surface area contributed by atoms with Crippen LogP contribution in [0.25, 0.3) is 10.2 Å². The first kappa shape index (κ1) is 13.9. The van der Waals surface area contributed by atoms with E-state index < -0.39 is 0 Å². The van der Waals surface area contributed by atoms with Gasteiger partial charge in [-0.05, 0) is 31.9 Å². The smallest absolute Gasteiger partial charge is 0.134 e. The molecule has 0 amide bonds. The average Bonchev–Trinajstić information content (AvgIpc) is 3.12. The molecule has 0 bridgehead atoms. The van der Waals surface area contributed by atoms with Gasteiger partial charge >= 0.3 is 0 Å². The summed E-state index contributed by atoms with van der Waals surface area (Å²) in [7, 11) is 0. The fourth-order valence-corrected chi connectivity index (χ4v) is 4.33. The topological polar surface area (TPSA) is 41.9 Å². The fourth-order valence-electron chi connectivity index (χ4n) is 2.99. The van der Waals surface area contributed by atoms with Crippen LogP contribution in [-0.4, -0.2) is 21.5 Å². The lowest BCUT2D eigenvalue weighted by Gasteiger charge is -2.24. The van der Waals surface area contributed by atoms with Gasteiger partial charge in [0.25, 0.3) is 0 Å². The number of rotatable bonds is 2. The molecule has 2 aromatic heterocycles. The van der Waals surface area contributed by atoms with Gasteiger partial charge in [-0.3, -0.25) is 0 Å². The Morgan fingerprint density at radius 1 is 1.23 bits per heavy atom. The maximum absolute atomic E-state index is 6.10. The van der Waals surface area contributed by atoms with Crippen LogP contribution in [0.2, 0.25) is 5.15 Å². The highest BCUT2D eigenvalue weighted by molar-refractivity contribution is 7.18. The van der Waals surface area contributed by atoms with Gasteiger partial charge in [-0.15, -0.1) is 11.3 Å². The highest BCUT2D eigenvalue weighted by Crippen LogP contribution is 2.38. The van der Waals surface area contributed by atoms with Crippen molar-refractivity contribution in [2.45, 2.75) is 25.8 Å². The van der Waals surface area contributed by atoms with Gasteiger partial charge in [0.2, 0.25) is 0 Å². The van der Waals surface area contributed by atoms with Gasteiger partial charge in [-0.25, -0.2) is 15.0 Å². The van der Waals surface area contributed by atoms with Crippen molar-refractivity contribution in [2.24, 2.45) is 0 Å². The molecule has 1 atom stereocenters. The number of benzene rings is 1. The molecule has 3 heterocycles. The van der Waals surface area contributed by atoms with E-state index in [0.717, 1.165) is 35.7 Å². The van der Waals surface area contributed by atoms with Crippen molar-refractivity contribution < 1.29 is 0 Å². The first-order valence-electron chi connectivity index (χ1n) is 7.34. The van der Waals surface area contributed by atoms with Gasteiger partial charge in [0.05, 0.1) is 16.3 Å². The summed E-state index contributed by atoms with van der Waals surface area (Å²) < 4.78 is 1.24. The molecule has 1 aliphatic heterocycles. The monoisotopic (exact) mass is 330 g/mol. The fraction of sp³-hybridized carbons (Fsp3) is 0.312. The lowest BCUT2D eigenvalue weighted by atomic mass is 10.2. The third kappa shape index (κ3) is 2.44. The molecule has 1 unspecified atom stereocenters.